The molecule has 0 aliphatic carbocycles. The zero-order valence-electron chi connectivity index (χ0n) is 9.82. The van der Waals surface area contributed by atoms with Crippen molar-refractivity contribution in [1.29, 1.82) is 0 Å². The second-order valence-corrected chi connectivity index (χ2v) is 4.91. The number of aryl methyl sites for hydroxylation is 1. The monoisotopic (exact) mass is 226 g/mol. The van der Waals surface area contributed by atoms with Crippen LogP contribution in [0.4, 0.5) is 5.69 Å². The molecule has 1 aromatic rings. The van der Waals surface area contributed by atoms with Gasteiger partial charge in [0.2, 0.25) is 0 Å². The van der Waals surface area contributed by atoms with Crippen molar-refractivity contribution in [3.8, 4) is 0 Å². The van der Waals surface area contributed by atoms with E-state index in [2.05, 4.69) is 30.5 Å². The normalized spacial score (nSPS) is 11.5. The van der Waals surface area contributed by atoms with Gasteiger partial charge in [-0.25, -0.2) is 0 Å². The second-order valence-electron chi connectivity index (χ2n) is 4.50. The number of likely N-dealkylation sites (N-methyl/N-ethyl adjacent to an activating group) is 1. The van der Waals surface area contributed by atoms with Crippen molar-refractivity contribution < 1.29 is 0 Å². The molecule has 3 heteroatoms. The summed E-state index contributed by atoms with van der Waals surface area (Å²) in [7, 11) is 1.95. The van der Waals surface area contributed by atoms with E-state index in [0.29, 0.717) is 0 Å². The Morgan fingerprint density at radius 1 is 1.33 bits per heavy atom. The topological polar surface area (TPSA) is 24.1 Å². The summed E-state index contributed by atoms with van der Waals surface area (Å²) in [6.45, 7) is 7.21. The van der Waals surface area contributed by atoms with Crippen LogP contribution in [0.5, 0.6) is 0 Å². The van der Waals surface area contributed by atoms with Gasteiger partial charge in [-0.1, -0.05) is 17.7 Å². The fourth-order valence-electron chi connectivity index (χ4n) is 1.55. The predicted molar refractivity (Wildman–Crippen MR) is 67.8 cm³/mol. The number of hydrogen-bond donors (Lipinski definition) is 2. The lowest BCUT2D eigenvalue weighted by Crippen LogP contribution is -2.40. The molecule has 1 aromatic carbocycles. The number of halogens is 1. The first kappa shape index (κ1) is 12.3. The Balaban J connectivity index is 2.76. The van der Waals surface area contributed by atoms with Crippen LogP contribution in [-0.2, 0) is 0 Å². The molecule has 1 rings (SSSR count). The minimum atomic E-state index is 0.0212. The number of benzene rings is 1. The van der Waals surface area contributed by atoms with E-state index in [9.17, 15) is 0 Å². The average Bonchev–Trinajstić information content (AvgIpc) is 2.10. The summed E-state index contributed by atoms with van der Waals surface area (Å²) in [6, 6.07) is 6.05. The molecular formula is C12H19ClN2. The van der Waals surface area contributed by atoms with Crippen molar-refractivity contribution in [2.45, 2.75) is 26.3 Å². The molecule has 0 bridgehead atoms. The molecule has 0 saturated carbocycles. The Bertz CT molecular complexity index is 334. The van der Waals surface area contributed by atoms with E-state index in [1.54, 1.807) is 0 Å². The molecule has 0 heterocycles. The highest BCUT2D eigenvalue weighted by Gasteiger charge is 2.15. The van der Waals surface area contributed by atoms with Crippen LogP contribution < -0.4 is 10.6 Å². The summed E-state index contributed by atoms with van der Waals surface area (Å²) < 4.78 is 0. The van der Waals surface area contributed by atoms with Crippen molar-refractivity contribution >= 4 is 17.3 Å². The number of rotatable bonds is 4. The second kappa shape index (κ2) is 4.86. The summed E-state index contributed by atoms with van der Waals surface area (Å²) in [4.78, 5) is 0. The molecule has 2 N–H and O–H groups in total. The summed E-state index contributed by atoms with van der Waals surface area (Å²) in [5, 5.41) is 7.40. The van der Waals surface area contributed by atoms with Crippen LogP contribution in [-0.4, -0.2) is 19.1 Å². The highest BCUT2D eigenvalue weighted by molar-refractivity contribution is 6.31. The maximum absolute atomic E-state index is 6.06. The zero-order chi connectivity index (χ0) is 11.5. The minimum Gasteiger partial charge on any atom is -0.379 e. The Labute approximate surface area is 97.0 Å². The van der Waals surface area contributed by atoms with Crippen molar-refractivity contribution in [2.24, 2.45) is 0 Å². The van der Waals surface area contributed by atoms with Gasteiger partial charge >= 0.3 is 0 Å². The quantitative estimate of drug-likeness (QED) is 0.825. The van der Waals surface area contributed by atoms with Gasteiger partial charge in [0, 0.05) is 22.8 Å². The molecule has 0 fully saturated rings. The molecule has 0 spiro atoms. The first-order valence-electron chi connectivity index (χ1n) is 5.13. The molecule has 0 aliphatic rings. The summed E-state index contributed by atoms with van der Waals surface area (Å²) >= 11 is 6.06. The molecule has 84 valence electrons. The van der Waals surface area contributed by atoms with Crippen LogP contribution in [0.25, 0.3) is 0 Å². The fraction of sp³-hybridized carbons (Fsp3) is 0.500. The van der Waals surface area contributed by atoms with Crippen LogP contribution >= 0.6 is 11.6 Å². The molecule has 0 unspecified atom stereocenters. The average molecular weight is 227 g/mol. The van der Waals surface area contributed by atoms with Crippen molar-refractivity contribution in [1.82, 2.24) is 5.32 Å². The first-order valence-corrected chi connectivity index (χ1v) is 5.51. The maximum atomic E-state index is 6.06. The van der Waals surface area contributed by atoms with E-state index in [1.165, 1.54) is 0 Å². The minimum absolute atomic E-state index is 0.0212. The highest BCUT2D eigenvalue weighted by Crippen LogP contribution is 2.22. The van der Waals surface area contributed by atoms with Crippen molar-refractivity contribution in [2.75, 3.05) is 18.9 Å². The van der Waals surface area contributed by atoms with E-state index in [0.717, 1.165) is 22.8 Å². The van der Waals surface area contributed by atoms with Gasteiger partial charge < -0.3 is 10.6 Å². The number of nitrogens with one attached hydrogen (secondary N) is 2. The standard InChI is InChI=1S/C12H19ClN2/c1-9-5-6-10(7-11(9)13)15-12(2,3)8-14-4/h5-7,14-15H,8H2,1-4H3. The lowest BCUT2D eigenvalue weighted by Gasteiger charge is -2.27. The van der Waals surface area contributed by atoms with Crippen molar-refractivity contribution in [3.63, 3.8) is 0 Å². The van der Waals surface area contributed by atoms with Gasteiger partial charge in [0.25, 0.3) is 0 Å². The molecule has 2 nitrogen and oxygen atoms in total. The Morgan fingerprint density at radius 3 is 2.53 bits per heavy atom. The smallest absolute Gasteiger partial charge is 0.0455 e. The highest BCUT2D eigenvalue weighted by atomic mass is 35.5. The Kier molecular flexibility index (Phi) is 4.00. The van der Waals surface area contributed by atoms with Gasteiger partial charge in [-0.3, -0.25) is 0 Å². The molecular weight excluding hydrogens is 208 g/mol. The third-order valence-electron chi connectivity index (χ3n) is 2.27. The summed E-state index contributed by atoms with van der Waals surface area (Å²) in [5.41, 5.74) is 2.19. The van der Waals surface area contributed by atoms with Crippen LogP contribution in [0.15, 0.2) is 18.2 Å². The lowest BCUT2D eigenvalue weighted by molar-refractivity contribution is 0.530. The van der Waals surface area contributed by atoms with Crippen LogP contribution in [0.3, 0.4) is 0 Å². The van der Waals surface area contributed by atoms with E-state index in [-0.39, 0.29) is 5.54 Å². The molecule has 0 atom stereocenters. The third-order valence-corrected chi connectivity index (χ3v) is 2.68. The molecule has 0 aromatic heterocycles. The van der Waals surface area contributed by atoms with Gasteiger partial charge in [-0.15, -0.1) is 0 Å². The van der Waals surface area contributed by atoms with Gasteiger partial charge in [-0.05, 0) is 45.5 Å². The lowest BCUT2D eigenvalue weighted by atomic mass is 10.1. The third kappa shape index (κ3) is 3.73. The van der Waals surface area contributed by atoms with Gasteiger partial charge in [0.1, 0.15) is 0 Å². The molecule has 0 saturated heterocycles. The molecule has 0 radical (unpaired) electrons. The van der Waals surface area contributed by atoms with E-state index >= 15 is 0 Å². The van der Waals surface area contributed by atoms with Gasteiger partial charge in [0.15, 0.2) is 0 Å². The van der Waals surface area contributed by atoms with Gasteiger partial charge in [-0.2, -0.15) is 0 Å². The van der Waals surface area contributed by atoms with Crippen molar-refractivity contribution in [3.05, 3.63) is 28.8 Å². The molecule has 0 aliphatic heterocycles. The van der Waals surface area contributed by atoms with Crippen LogP contribution in [0, 0.1) is 6.92 Å². The fourth-order valence-corrected chi connectivity index (χ4v) is 1.73. The molecule has 0 amide bonds. The Hall–Kier alpha value is -0.730. The van der Waals surface area contributed by atoms with Crippen LogP contribution in [0.1, 0.15) is 19.4 Å². The zero-order valence-corrected chi connectivity index (χ0v) is 10.6. The largest absolute Gasteiger partial charge is 0.379 e. The SMILES string of the molecule is CNCC(C)(C)Nc1ccc(C)c(Cl)c1. The Morgan fingerprint density at radius 2 is 2.00 bits per heavy atom. The van der Waals surface area contributed by atoms with Crippen LogP contribution in [0.2, 0.25) is 5.02 Å². The molecule has 15 heavy (non-hydrogen) atoms. The predicted octanol–water partition coefficient (Wildman–Crippen LogP) is 3.06. The van der Waals surface area contributed by atoms with E-state index in [1.807, 2.05) is 26.1 Å². The van der Waals surface area contributed by atoms with E-state index < -0.39 is 0 Å². The van der Waals surface area contributed by atoms with Gasteiger partial charge in [0.05, 0.1) is 0 Å². The maximum Gasteiger partial charge on any atom is 0.0455 e. The van der Waals surface area contributed by atoms with E-state index in [4.69, 9.17) is 11.6 Å². The summed E-state index contributed by atoms with van der Waals surface area (Å²) in [6.07, 6.45) is 0. The summed E-state index contributed by atoms with van der Waals surface area (Å²) in [5.74, 6) is 0. The first-order chi connectivity index (χ1) is 6.94. The number of hydrogen-bond acceptors (Lipinski definition) is 2. The number of anilines is 1.